The number of rotatable bonds is 6. The first kappa shape index (κ1) is 17.9. The van der Waals surface area contributed by atoms with Crippen molar-refractivity contribution < 1.29 is 4.74 Å². The summed E-state index contributed by atoms with van der Waals surface area (Å²) < 4.78 is 7.80. The topological polar surface area (TPSA) is 66.0 Å². The summed E-state index contributed by atoms with van der Waals surface area (Å²) in [6.07, 6.45) is 1.96. The molecule has 7 heteroatoms. The second kappa shape index (κ2) is 7.15. The summed E-state index contributed by atoms with van der Waals surface area (Å²) in [7, 11) is -1.09. The van der Waals surface area contributed by atoms with Crippen LogP contribution in [0.3, 0.4) is 0 Å². The minimum Gasteiger partial charge on any atom is -0.399 e. The van der Waals surface area contributed by atoms with Crippen molar-refractivity contribution in [3.8, 4) is 11.3 Å². The van der Waals surface area contributed by atoms with Gasteiger partial charge in [0.1, 0.15) is 12.4 Å². The van der Waals surface area contributed by atoms with Gasteiger partial charge in [-0.3, -0.25) is 0 Å². The van der Waals surface area contributed by atoms with Crippen LogP contribution in [0.25, 0.3) is 22.3 Å². The lowest BCUT2D eigenvalue weighted by Crippen LogP contribution is -2.22. The molecule has 0 saturated heterocycles. The van der Waals surface area contributed by atoms with Crippen molar-refractivity contribution in [3.05, 3.63) is 41.8 Å². The number of aromatic nitrogens is 3. The molecule has 1 aromatic carbocycles. The van der Waals surface area contributed by atoms with E-state index in [1.807, 2.05) is 41.1 Å². The Labute approximate surface area is 153 Å². The molecule has 0 fully saturated rings. The molecule has 0 amide bonds. The van der Waals surface area contributed by atoms with Crippen molar-refractivity contribution >= 4 is 36.4 Å². The van der Waals surface area contributed by atoms with Gasteiger partial charge in [0.25, 0.3) is 0 Å². The van der Waals surface area contributed by atoms with Crippen molar-refractivity contribution in [1.29, 1.82) is 0 Å². The number of halogens is 1. The smallest absolute Gasteiger partial charge is 0.224 e. The quantitative estimate of drug-likeness (QED) is 0.295. The standard InChI is InChI=1S/C18H23ClN4OSi/c1-25(2,3)10-9-24-12-23-8-7-15-16(21-18(19)22-17(15)23)13-5-4-6-14(20)11-13/h4-8,11H,9-10,12,20H2,1-3H3. The van der Waals surface area contributed by atoms with Crippen LogP contribution >= 0.6 is 11.6 Å². The van der Waals surface area contributed by atoms with Gasteiger partial charge in [-0.05, 0) is 35.8 Å². The Kier molecular flexibility index (Phi) is 5.13. The molecular weight excluding hydrogens is 352 g/mol. The number of fused-ring (bicyclic) bond motifs is 1. The van der Waals surface area contributed by atoms with Crippen LogP contribution < -0.4 is 5.73 Å². The summed E-state index contributed by atoms with van der Waals surface area (Å²) in [5.41, 5.74) is 9.06. The molecule has 0 spiro atoms. The van der Waals surface area contributed by atoms with E-state index in [0.29, 0.717) is 12.4 Å². The third kappa shape index (κ3) is 4.39. The average molecular weight is 375 g/mol. The maximum atomic E-state index is 6.16. The number of nitrogen functional groups attached to an aromatic ring is 1. The first-order valence-corrected chi connectivity index (χ1v) is 12.4. The van der Waals surface area contributed by atoms with Crippen LogP contribution in [0.1, 0.15) is 0 Å². The third-order valence-corrected chi connectivity index (χ3v) is 5.85. The highest BCUT2D eigenvalue weighted by atomic mass is 35.5. The van der Waals surface area contributed by atoms with Crippen molar-refractivity contribution in [2.24, 2.45) is 0 Å². The molecule has 0 aliphatic heterocycles. The normalized spacial score (nSPS) is 12.0. The lowest BCUT2D eigenvalue weighted by molar-refractivity contribution is 0.0899. The lowest BCUT2D eigenvalue weighted by Gasteiger charge is -2.15. The Morgan fingerprint density at radius 1 is 1.20 bits per heavy atom. The summed E-state index contributed by atoms with van der Waals surface area (Å²) in [4.78, 5) is 8.79. The van der Waals surface area contributed by atoms with Gasteiger partial charge in [-0.1, -0.05) is 31.8 Å². The van der Waals surface area contributed by atoms with E-state index in [1.54, 1.807) is 0 Å². The molecule has 3 rings (SSSR count). The van der Waals surface area contributed by atoms with Crippen LogP contribution in [0.4, 0.5) is 5.69 Å². The van der Waals surface area contributed by atoms with Gasteiger partial charge < -0.3 is 15.0 Å². The van der Waals surface area contributed by atoms with Crippen LogP contribution in [0.2, 0.25) is 31.0 Å². The number of nitrogens with zero attached hydrogens (tertiary/aromatic N) is 3. The molecule has 0 radical (unpaired) electrons. The predicted molar refractivity (Wildman–Crippen MR) is 106 cm³/mol. The van der Waals surface area contributed by atoms with Gasteiger partial charge in [0.05, 0.1) is 5.69 Å². The molecule has 2 aromatic heterocycles. The first-order chi connectivity index (χ1) is 11.8. The van der Waals surface area contributed by atoms with Gasteiger partial charge in [-0.2, -0.15) is 4.98 Å². The number of benzene rings is 1. The van der Waals surface area contributed by atoms with Crippen LogP contribution in [-0.2, 0) is 11.5 Å². The number of anilines is 1. The first-order valence-electron chi connectivity index (χ1n) is 8.29. The lowest BCUT2D eigenvalue weighted by atomic mass is 10.1. The average Bonchev–Trinajstić information content (AvgIpc) is 2.93. The highest BCUT2D eigenvalue weighted by molar-refractivity contribution is 6.76. The second-order valence-corrected chi connectivity index (χ2v) is 13.3. The molecule has 0 bridgehead atoms. The maximum absolute atomic E-state index is 6.16. The Morgan fingerprint density at radius 3 is 2.72 bits per heavy atom. The van der Waals surface area contributed by atoms with Gasteiger partial charge in [0.2, 0.25) is 5.28 Å². The van der Waals surface area contributed by atoms with Gasteiger partial charge >= 0.3 is 0 Å². The zero-order chi connectivity index (χ0) is 18.0. The minimum absolute atomic E-state index is 0.215. The van der Waals surface area contributed by atoms with E-state index in [-0.39, 0.29) is 5.28 Å². The fraction of sp³-hybridized carbons (Fsp3) is 0.333. The highest BCUT2D eigenvalue weighted by Crippen LogP contribution is 2.29. The van der Waals surface area contributed by atoms with Crippen LogP contribution in [0.5, 0.6) is 0 Å². The Balaban J connectivity index is 1.88. The van der Waals surface area contributed by atoms with Crippen LogP contribution in [-0.4, -0.2) is 29.2 Å². The summed E-state index contributed by atoms with van der Waals surface area (Å²) >= 11 is 6.16. The number of nitrogens with two attached hydrogens (primary N) is 1. The molecule has 25 heavy (non-hydrogen) atoms. The molecule has 0 atom stereocenters. The summed E-state index contributed by atoms with van der Waals surface area (Å²) in [5, 5.41) is 1.15. The van der Waals surface area contributed by atoms with Crippen molar-refractivity contribution in [2.75, 3.05) is 12.3 Å². The van der Waals surface area contributed by atoms with Crippen molar-refractivity contribution in [2.45, 2.75) is 32.4 Å². The Morgan fingerprint density at radius 2 is 2.00 bits per heavy atom. The fourth-order valence-corrected chi connectivity index (χ4v) is 3.51. The zero-order valence-corrected chi connectivity index (χ0v) is 16.5. The monoisotopic (exact) mass is 374 g/mol. The van der Waals surface area contributed by atoms with Crippen molar-refractivity contribution in [3.63, 3.8) is 0 Å². The Bertz CT molecular complexity index is 888. The van der Waals surface area contributed by atoms with E-state index in [2.05, 4.69) is 29.6 Å². The maximum Gasteiger partial charge on any atom is 0.224 e. The molecule has 0 saturated carbocycles. The van der Waals surface area contributed by atoms with Crippen molar-refractivity contribution in [1.82, 2.24) is 14.5 Å². The fourth-order valence-electron chi connectivity index (χ4n) is 2.59. The van der Waals surface area contributed by atoms with Gasteiger partial charge in [0, 0.05) is 37.5 Å². The van der Waals surface area contributed by atoms with Crippen LogP contribution in [0.15, 0.2) is 36.5 Å². The van der Waals surface area contributed by atoms with Crippen LogP contribution in [0, 0.1) is 0 Å². The van der Waals surface area contributed by atoms with E-state index in [1.165, 1.54) is 0 Å². The number of ether oxygens (including phenoxy) is 1. The minimum atomic E-state index is -1.09. The van der Waals surface area contributed by atoms with E-state index >= 15 is 0 Å². The molecule has 2 heterocycles. The predicted octanol–water partition coefficient (Wildman–Crippen LogP) is 4.65. The van der Waals surface area contributed by atoms with E-state index < -0.39 is 8.07 Å². The summed E-state index contributed by atoms with van der Waals surface area (Å²) in [6, 6.07) is 10.7. The molecule has 0 unspecified atom stereocenters. The molecule has 2 N–H and O–H groups in total. The molecule has 3 aromatic rings. The van der Waals surface area contributed by atoms with Gasteiger partial charge in [-0.25, -0.2) is 4.98 Å². The molecular formula is C18H23ClN4OSi. The van der Waals surface area contributed by atoms with Gasteiger partial charge in [-0.15, -0.1) is 0 Å². The molecule has 0 aliphatic rings. The van der Waals surface area contributed by atoms with E-state index in [0.717, 1.165) is 34.9 Å². The Hall–Kier alpha value is -1.89. The molecule has 132 valence electrons. The molecule has 5 nitrogen and oxygen atoms in total. The molecule has 0 aliphatic carbocycles. The third-order valence-electron chi connectivity index (χ3n) is 3.98. The van der Waals surface area contributed by atoms with Gasteiger partial charge in [0.15, 0.2) is 0 Å². The summed E-state index contributed by atoms with van der Waals surface area (Å²) in [6.45, 7) is 8.23. The number of hydrogen-bond donors (Lipinski definition) is 1. The SMILES string of the molecule is C[Si](C)(C)CCOCn1ccc2c(-c3cccc(N)c3)nc(Cl)nc21. The van der Waals surface area contributed by atoms with E-state index in [9.17, 15) is 0 Å². The highest BCUT2D eigenvalue weighted by Gasteiger charge is 2.14. The van der Waals surface area contributed by atoms with E-state index in [4.69, 9.17) is 22.1 Å². The number of hydrogen-bond acceptors (Lipinski definition) is 4. The second-order valence-electron chi connectivity index (χ2n) is 7.34. The largest absolute Gasteiger partial charge is 0.399 e. The summed E-state index contributed by atoms with van der Waals surface area (Å²) in [5.74, 6) is 0. The zero-order valence-electron chi connectivity index (χ0n) is 14.8.